The van der Waals surface area contributed by atoms with Gasteiger partial charge in [0.1, 0.15) is 5.75 Å². The highest BCUT2D eigenvalue weighted by Crippen LogP contribution is 2.31. The SMILES string of the molecule is COc1ccc(Br)cc1/C=c1/sc2nc(-c3ccc(OC)c(OC)c3)nn2c1=O. The first kappa shape index (κ1) is 19.4. The standard InChI is InChI=1S/C20H16BrN3O4S/c1-26-14-7-5-13(21)8-12(14)10-17-19(25)24-20(29-17)22-18(23-24)11-4-6-15(27-2)16(9-11)28-3/h4-10H,1-3H3/b17-10+. The second-order valence-corrected chi connectivity index (χ2v) is 7.93. The van der Waals surface area contributed by atoms with E-state index >= 15 is 0 Å². The maximum Gasteiger partial charge on any atom is 0.291 e. The van der Waals surface area contributed by atoms with Gasteiger partial charge in [0.2, 0.25) is 4.96 Å². The molecule has 0 saturated carbocycles. The van der Waals surface area contributed by atoms with Crippen LogP contribution < -0.4 is 24.3 Å². The van der Waals surface area contributed by atoms with Crippen molar-refractivity contribution in [2.24, 2.45) is 0 Å². The topological polar surface area (TPSA) is 74.9 Å². The molecule has 0 atom stereocenters. The van der Waals surface area contributed by atoms with E-state index in [2.05, 4.69) is 26.0 Å². The zero-order valence-corrected chi connectivity index (χ0v) is 18.2. The number of hydrogen-bond acceptors (Lipinski definition) is 7. The maximum absolute atomic E-state index is 12.8. The molecule has 148 valence electrons. The zero-order valence-electron chi connectivity index (χ0n) is 15.8. The molecule has 0 saturated heterocycles. The number of thiazole rings is 1. The first-order valence-corrected chi connectivity index (χ1v) is 10.1. The molecule has 0 unspecified atom stereocenters. The lowest BCUT2D eigenvalue weighted by molar-refractivity contribution is 0.355. The van der Waals surface area contributed by atoms with Gasteiger partial charge in [-0.05, 0) is 42.5 Å². The van der Waals surface area contributed by atoms with Crippen LogP contribution in [0, 0.1) is 0 Å². The summed E-state index contributed by atoms with van der Waals surface area (Å²) in [5.41, 5.74) is 1.30. The summed E-state index contributed by atoms with van der Waals surface area (Å²) in [5.74, 6) is 2.31. The van der Waals surface area contributed by atoms with E-state index in [1.165, 1.54) is 15.9 Å². The van der Waals surface area contributed by atoms with E-state index in [9.17, 15) is 4.79 Å². The number of ether oxygens (including phenoxy) is 3. The summed E-state index contributed by atoms with van der Waals surface area (Å²) in [4.78, 5) is 17.9. The first-order valence-electron chi connectivity index (χ1n) is 8.51. The lowest BCUT2D eigenvalue weighted by Gasteiger charge is -2.07. The number of halogens is 1. The summed E-state index contributed by atoms with van der Waals surface area (Å²) in [6.45, 7) is 0. The summed E-state index contributed by atoms with van der Waals surface area (Å²) in [5, 5.41) is 4.38. The fourth-order valence-corrected chi connectivity index (χ4v) is 4.17. The Balaban J connectivity index is 1.80. The predicted octanol–water partition coefficient (Wildman–Crippen LogP) is 3.15. The Kier molecular flexibility index (Phi) is 5.25. The van der Waals surface area contributed by atoms with Gasteiger partial charge in [-0.1, -0.05) is 27.3 Å². The van der Waals surface area contributed by atoms with Crippen LogP contribution in [0.2, 0.25) is 0 Å². The highest BCUT2D eigenvalue weighted by Gasteiger charge is 2.14. The quantitative estimate of drug-likeness (QED) is 0.443. The van der Waals surface area contributed by atoms with Crippen molar-refractivity contribution in [3.8, 4) is 28.6 Å². The van der Waals surface area contributed by atoms with Gasteiger partial charge in [0.15, 0.2) is 17.3 Å². The summed E-state index contributed by atoms with van der Waals surface area (Å²) in [6.07, 6.45) is 1.78. The van der Waals surface area contributed by atoms with Crippen LogP contribution in [0.4, 0.5) is 0 Å². The molecule has 2 aromatic carbocycles. The largest absolute Gasteiger partial charge is 0.496 e. The van der Waals surface area contributed by atoms with Gasteiger partial charge >= 0.3 is 0 Å². The van der Waals surface area contributed by atoms with E-state index in [1.807, 2.05) is 24.3 Å². The van der Waals surface area contributed by atoms with Crippen LogP contribution in [-0.2, 0) is 0 Å². The minimum Gasteiger partial charge on any atom is -0.496 e. The molecule has 0 bridgehead atoms. The van der Waals surface area contributed by atoms with Gasteiger partial charge in [-0.15, -0.1) is 5.10 Å². The van der Waals surface area contributed by atoms with E-state index in [4.69, 9.17) is 14.2 Å². The number of hydrogen-bond donors (Lipinski definition) is 0. The third-order valence-electron chi connectivity index (χ3n) is 4.30. The minimum atomic E-state index is -0.230. The molecule has 0 radical (unpaired) electrons. The molecule has 2 aromatic heterocycles. The number of fused-ring (bicyclic) bond motifs is 1. The van der Waals surface area contributed by atoms with E-state index < -0.39 is 0 Å². The summed E-state index contributed by atoms with van der Waals surface area (Å²) >= 11 is 4.71. The van der Waals surface area contributed by atoms with Gasteiger partial charge in [-0.25, -0.2) is 0 Å². The highest BCUT2D eigenvalue weighted by molar-refractivity contribution is 9.10. The van der Waals surface area contributed by atoms with Gasteiger partial charge in [-0.2, -0.15) is 9.50 Å². The molecule has 4 rings (SSSR count). The Labute approximate surface area is 178 Å². The molecule has 0 aliphatic heterocycles. The Bertz CT molecular complexity index is 1320. The van der Waals surface area contributed by atoms with Crippen molar-refractivity contribution in [1.29, 1.82) is 0 Å². The van der Waals surface area contributed by atoms with Crippen molar-refractivity contribution in [1.82, 2.24) is 14.6 Å². The van der Waals surface area contributed by atoms with Crippen molar-refractivity contribution in [2.75, 3.05) is 21.3 Å². The molecule has 2 heterocycles. The van der Waals surface area contributed by atoms with Crippen LogP contribution in [0.25, 0.3) is 22.4 Å². The number of aromatic nitrogens is 3. The first-order chi connectivity index (χ1) is 14.0. The molecule has 0 spiro atoms. The zero-order chi connectivity index (χ0) is 20.5. The normalized spacial score (nSPS) is 11.8. The highest BCUT2D eigenvalue weighted by atomic mass is 79.9. The number of benzene rings is 2. The number of rotatable bonds is 5. The van der Waals surface area contributed by atoms with Gasteiger partial charge in [0.25, 0.3) is 5.56 Å². The Morgan fingerprint density at radius 3 is 2.41 bits per heavy atom. The van der Waals surface area contributed by atoms with Crippen LogP contribution in [0.15, 0.2) is 45.7 Å². The van der Waals surface area contributed by atoms with Gasteiger partial charge < -0.3 is 14.2 Å². The van der Waals surface area contributed by atoms with Crippen molar-refractivity contribution in [2.45, 2.75) is 0 Å². The Morgan fingerprint density at radius 1 is 1.00 bits per heavy atom. The van der Waals surface area contributed by atoms with Crippen LogP contribution in [0.5, 0.6) is 17.2 Å². The monoisotopic (exact) mass is 473 g/mol. The average Bonchev–Trinajstić information content (AvgIpc) is 3.27. The molecule has 0 aliphatic rings. The lowest BCUT2D eigenvalue weighted by Crippen LogP contribution is -2.23. The molecule has 0 aliphatic carbocycles. The Hall–Kier alpha value is -2.91. The summed E-state index contributed by atoms with van der Waals surface area (Å²) in [7, 11) is 4.73. The number of methoxy groups -OCH3 is 3. The lowest BCUT2D eigenvalue weighted by atomic mass is 10.2. The average molecular weight is 474 g/mol. The predicted molar refractivity (Wildman–Crippen MR) is 115 cm³/mol. The molecule has 9 heteroatoms. The summed E-state index contributed by atoms with van der Waals surface area (Å²) < 4.78 is 18.7. The van der Waals surface area contributed by atoms with E-state index in [0.29, 0.717) is 32.6 Å². The third kappa shape index (κ3) is 3.58. The third-order valence-corrected chi connectivity index (χ3v) is 5.75. The fourth-order valence-electron chi connectivity index (χ4n) is 2.89. The number of nitrogens with zero attached hydrogens (tertiary/aromatic N) is 3. The molecule has 4 aromatic rings. The van der Waals surface area contributed by atoms with Crippen molar-refractivity contribution in [3.63, 3.8) is 0 Å². The Morgan fingerprint density at radius 2 is 1.72 bits per heavy atom. The second kappa shape index (κ2) is 7.84. The van der Waals surface area contributed by atoms with Crippen LogP contribution in [0.3, 0.4) is 0 Å². The molecule has 7 nitrogen and oxygen atoms in total. The molecule has 0 fully saturated rings. The molecule has 0 N–H and O–H groups in total. The smallest absolute Gasteiger partial charge is 0.291 e. The molecule has 0 amide bonds. The fraction of sp³-hybridized carbons (Fsp3) is 0.150. The van der Waals surface area contributed by atoms with Gasteiger partial charge in [-0.3, -0.25) is 4.79 Å². The van der Waals surface area contributed by atoms with Crippen molar-refractivity contribution >= 4 is 38.3 Å². The molecular formula is C20H16BrN3O4S. The molecular weight excluding hydrogens is 458 g/mol. The summed E-state index contributed by atoms with van der Waals surface area (Å²) in [6, 6.07) is 11.0. The van der Waals surface area contributed by atoms with Crippen LogP contribution in [0.1, 0.15) is 5.56 Å². The van der Waals surface area contributed by atoms with Crippen LogP contribution in [-0.4, -0.2) is 35.9 Å². The van der Waals surface area contributed by atoms with Gasteiger partial charge in [0, 0.05) is 15.6 Å². The minimum absolute atomic E-state index is 0.230. The maximum atomic E-state index is 12.8. The van der Waals surface area contributed by atoms with E-state index in [0.717, 1.165) is 15.6 Å². The molecule has 29 heavy (non-hydrogen) atoms. The van der Waals surface area contributed by atoms with Gasteiger partial charge in [0.05, 0.1) is 25.9 Å². The second-order valence-electron chi connectivity index (χ2n) is 6.00. The van der Waals surface area contributed by atoms with E-state index in [1.54, 1.807) is 39.5 Å². The van der Waals surface area contributed by atoms with Crippen molar-refractivity contribution < 1.29 is 14.2 Å². The van der Waals surface area contributed by atoms with Crippen molar-refractivity contribution in [3.05, 3.63) is 61.3 Å². The van der Waals surface area contributed by atoms with E-state index in [-0.39, 0.29) is 5.56 Å². The van der Waals surface area contributed by atoms with Crippen LogP contribution >= 0.6 is 27.3 Å².